The first kappa shape index (κ1) is 16.1. The largest absolute Gasteiger partial charge is 0.382 e. The summed E-state index contributed by atoms with van der Waals surface area (Å²) in [5, 5.41) is 20.6. The second-order valence-electron chi connectivity index (χ2n) is 6.20. The maximum Gasteiger partial charge on any atom is 0.243 e. The highest BCUT2D eigenvalue weighted by Gasteiger charge is 2.44. The Bertz CT molecular complexity index is 772. The van der Waals surface area contributed by atoms with E-state index in [0.29, 0.717) is 18.0 Å². The minimum Gasteiger partial charge on any atom is -0.382 e. The molecule has 2 aromatic rings. The summed E-state index contributed by atoms with van der Waals surface area (Å²) < 4.78 is 26.8. The Kier molecular flexibility index (Phi) is 3.99. The fourth-order valence-electron chi connectivity index (χ4n) is 2.77. The Hall–Kier alpha value is -1.77. The van der Waals surface area contributed by atoms with Crippen LogP contribution in [0, 0.1) is 0 Å². The van der Waals surface area contributed by atoms with Crippen LogP contribution in [0.2, 0.25) is 0 Å². The molecular formula is C15H20N4O3S. The van der Waals surface area contributed by atoms with Gasteiger partial charge in [-0.15, -0.1) is 0 Å². The highest BCUT2D eigenvalue weighted by atomic mass is 32.2. The maximum atomic E-state index is 12.7. The molecular weight excluding hydrogens is 316 g/mol. The zero-order valence-corrected chi connectivity index (χ0v) is 13.9. The number of β-amino-alcohol motifs (C(OH)–C–C–N with tert-alkyl or cyclic N) is 1. The molecule has 124 valence electrons. The number of hydrogen-bond donors (Lipinski definition) is 2. The van der Waals surface area contributed by atoms with Crippen LogP contribution in [0.25, 0.3) is 0 Å². The zero-order chi connectivity index (χ0) is 16.7. The van der Waals surface area contributed by atoms with Crippen LogP contribution in [0.4, 0.5) is 0 Å². The van der Waals surface area contributed by atoms with Crippen molar-refractivity contribution in [1.29, 1.82) is 0 Å². The number of nitrogens with zero attached hydrogens (tertiary/aromatic N) is 3. The maximum absolute atomic E-state index is 12.7. The van der Waals surface area contributed by atoms with Crippen LogP contribution in [-0.4, -0.2) is 46.3 Å². The lowest BCUT2D eigenvalue weighted by Crippen LogP contribution is -2.34. The van der Waals surface area contributed by atoms with Crippen LogP contribution in [0.3, 0.4) is 0 Å². The molecule has 2 heterocycles. The van der Waals surface area contributed by atoms with E-state index in [4.69, 9.17) is 0 Å². The van der Waals surface area contributed by atoms with Crippen molar-refractivity contribution < 1.29 is 13.5 Å². The average molecular weight is 336 g/mol. The van der Waals surface area contributed by atoms with Gasteiger partial charge in [0.1, 0.15) is 11.3 Å². The third-order valence-electron chi connectivity index (χ3n) is 4.29. The normalized spacial score (nSPS) is 22.8. The van der Waals surface area contributed by atoms with Crippen molar-refractivity contribution in [3.8, 4) is 0 Å². The van der Waals surface area contributed by atoms with E-state index in [1.165, 1.54) is 10.5 Å². The fourth-order valence-corrected chi connectivity index (χ4v) is 4.27. The van der Waals surface area contributed by atoms with Crippen LogP contribution in [-0.2, 0) is 15.6 Å². The van der Waals surface area contributed by atoms with E-state index in [9.17, 15) is 13.5 Å². The molecule has 1 aromatic heterocycles. The molecule has 0 unspecified atom stereocenters. The number of hydrogen-bond acceptors (Lipinski definition) is 5. The van der Waals surface area contributed by atoms with Gasteiger partial charge in [0.2, 0.25) is 10.0 Å². The smallest absolute Gasteiger partial charge is 0.243 e. The van der Waals surface area contributed by atoms with Crippen LogP contribution in [0.5, 0.6) is 0 Å². The van der Waals surface area contributed by atoms with Crippen LogP contribution < -0.4 is 0 Å². The topological polar surface area (TPSA) is 99.2 Å². The molecule has 2 N–H and O–H groups in total. The third-order valence-corrected chi connectivity index (χ3v) is 6.15. The van der Waals surface area contributed by atoms with Crippen molar-refractivity contribution in [2.75, 3.05) is 13.1 Å². The summed E-state index contributed by atoms with van der Waals surface area (Å²) in [5.41, 5.74) is 0.160. The SMILES string of the molecule is CC(C)c1ccc(S(=O)(=O)N2CC[C@](O)(c3cn[nH]n3)C2)cc1. The molecule has 3 rings (SSSR count). The van der Waals surface area contributed by atoms with E-state index in [1.807, 2.05) is 12.1 Å². The number of rotatable bonds is 4. The van der Waals surface area contributed by atoms with Crippen molar-refractivity contribution in [2.45, 2.75) is 36.7 Å². The van der Waals surface area contributed by atoms with Gasteiger partial charge in [-0.1, -0.05) is 26.0 Å². The summed E-state index contributed by atoms with van der Waals surface area (Å²) in [6, 6.07) is 6.91. The number of nitrogens with one attached hydrogen (secondary N) is 1. The van der Waals surface area contributed by atoms with Gasteiger partial charge in [0.15, 0.2) is 0 Å². The summed E-state index contributed by atoms with van der Waals surface area (Å²) in [6.45, 7) is 4.34. The lowest BCUT2D eigenvalue weighted by Gasteiger charge is -2.21. The molecule has 23 heavy (non-hydrogen) atoms. The molecule has 1 saturated heterocycles. The first-order valence-electron chi connectivity index (χ1n) is 7.52. The Labute approximate surface area is 135 Å². The van der Waals surface area contributed by atoms with Crippen LogP contribution in [0.15, 0.2) is 35.4 Å². The van der Waals surface area contributed by atoms with Crippen LogP contribution in [0.1, 0.15) is 37.4 Å². The number of aromatic amines is 1. The molecule has 0 amide bonds. The van der Waals surface area contributed by atoms with Gasteiger partial charge < -0.3 is 5.11 Å². The van der Waals surface area contributed by atoms with E-state index in [0.717, 1.165) is 5.56 Å². The molecule has 7 nitrogen and oxygen atoms in total. The molecule has 1 aromatic carbocycles. The average Bonchev–Trinajstić information content (AvgIpc) is 3.18. The molecule has 0 radical (unpaired) electrons. The molecule has 0 spiro atoms. The number of benzene rings is 1. The van der Waals surface area contributed by atoms with E-state index in [1.54, 1.807) is 12.1 Å². The van der Waals surface area contributed by atoms with Gasteiger partial charge in [-0.05, 0) is 30.0 Å². The highest BCUT2D eigenvalue weighted by Crippen LogP contribution is 2.33. The van der Waals surface area contributed by atoms with Gasteiger partial charge in [0, 0.05) is 13.1 Å². The molecule has 0 saturated carbocycles. The number of aromatic nitrogens is 3. The van der Waals surface area contributed by atoms with Gasteiger partial charge >= 0.3 is 0 Å². The Morgan fingerprint density at radius 3 is 2.57 bits per heavy atom. The van der Waals surface area contributed by atoms with Gasteiger partial charge in [0.25, 0.3) is 0 Å². The van der Waals surface area contributed by atoms with Crippen LogP contribution >= 0.6 is 0 Å². The van der Waals surface area contributed by atoms with Gasteiger partial charge in [-0.25, -0.2) is 8.42 Å². The van der Waals surface area contributed by atoms with Gasteiger partial charge in [0.05, 0.1) is 11.1 Å². The summed E-state index contributed by atoms with van der Waals surface area (Å²) in [6.07, 6.45) is 1.72. The Morgan fingerprint density at radius 1 is 1.30 bits per heavy atom. The van der Waals surface area contributed by atoms with Crippen molar-refractivity contribution >= 4 is 10.0 Å². The molecule has 1 fully saturated rings. The number of sulfonamides is 1. The first-order chi connectivity index (χ1) is 10.8. The fraction of sp³-hybridized carbons (Fsp3) is 0.467. The van der Waals surface area contributed by atoms with Crippen molar-refractivity contribution in [3.63, 3.8) is 0 Å². The summed E-state index contributed by atoms with van der Waals surface area (Å²) >= 11 is 0. The monoisotopic (exact) mass is 336 g/mol. The van der Waals surface area contributed by atoms with E-state index >= 15 is 0 Å². The zero-order valence-electron chi connectivity index (χ0n) is 13.1. The van der Waals surface area contributed by atoms with E-state index in [-0.39, 0.29) is 18.0 Å². The van der Waals surface area contributed by atoms with Crippen molar-refractivity contribution in [3.05, 3.63) is 41.7 Å². The van der Waals surface area contributed by atoms with Gasteiger partial charge in [-0.3, -0.25) is 0 Å². The second kappa shape index (κ2) is 5.70. The number of aliphatic hydroxyl groups is 1. The Balaban J connectivity index is 1.84. The van der Waals surface area contributed by atoms with Crippen molar-refractivity contribution in [2.24, 2.45) is 0 Å². The molecule has 1 atom stereocenters. The van der Waals surface area contributed by atoms with E-state index in [2.05, 4.69) is 29.3 Å². The third kappa shape index (κ3) is 2.89. The predicted octanol–water partition coefficient (Wildman–Crippen LogP) is 1.21. The highest BCUT2D eigenvalue weighted by molar-refractivity contribution is 7.89. The molecule has 1 aliphatic heterocycles. The lowest BCUT2D eigenvalue weighted by atomic mass is 10.0. The predicted molar refractivity (Wildman–Crippen MR) is 84.2 cm³/mol. The lowest BCUT2D eigenvalue weighted by molar-refractivity contribution is 0.0485. The second-order valence-corrected chi connectivity index (χ2v) is 8.14. The standard InChI is InChI=1S/C15H20N4O3S/c1-11(2)12-3-5-13(6-4-12)23(21,22)19-8-7-15(20,10-19)14-9-16-18-17-14/h3-6,9,11,20H,7-8,10H2,1-2H3,(H,16,17,18)/t15-/m1/s1. The van der Waals surface area contributed by atoms with E-state index < -0.39 is 15.6 Å². The summed E-state index contributed by atoms with van der Waals surface area (Å²) in [4.78, 5) is 0.242. The first-order valence-corrected chi connectivity index (χ1v) is 8.96. The minimum absolute atomic E-state index is 0.0200. The molecule has 1 aliphatic rings. The van der Waals surface area contributed by atoms with Crippen molar-refractivity contribution in [1.82, 2.24) is 19.7 Å². The number of H-pyrrole nitrogens is 1. The molecule has 8 heteroatoms. The minimum atomic E-state index is -3.63. The summed E-state index contributed by atoms with van der Waals surface area (Å²) in [5.74, 6) is 0.343. The molecule has 0 bridgehead atoms. The quantitative estimate of drug-likeness (QED) is 0.874. The Morgan fingerprint density at radius 2 is 2.00 bits per heavy atom. The molecule has 0 aliphatic carbocycles. The summed E-state index contributed by atoms with van der Waals surface area (Å²) in [7, 11) is -3.63. The van der Waals surface area contributed by atoms with Gasteiger partial charge in [-0.2, -0.15) is 19.7 Å².